The number of aliphatic carboxylic acids is 1. The van der Waals surface area contributed by atoms with Crippen LogP contribution < -0.4 is 11.1 Å². The molecule has 0 saturated carbocycles. The number of nitrogens with zero attached hydrogens (tertiary/aromatic N) is 4. The van der Waals surface area contributed by atoms with Gasteiger partial charge in [-0.2, -0.15) is 0 Å². The first-order chi connectivity index (χ1) is 24.5. The average molecular weight is 721 g/mol. The number of likely N-dealkylation sites (N-methyl/N-ethyl adjacent to an activating group) is 3. The van der Waals surface area contributed by atoms with E-state index in [1.165, 1.54) is 42.8 Å². The first kappa shape index (κ1) is 41.2. The van der Waals surface area contributed by atoms with Crippen molar-refractivity contribution in [3.8, 4) is 0 Å². The molecule has 3 rings (SSSR count). The number of nitrogens with two attached hydrogens (primary N) is 1. The molecule has 0 radical (unpaired) electrons. The third-order valence-corrected chi connectivity index (χ3v) is 9.46. The lowest BCUT2D eigenvalue weighted by Crippen LogP contribution is -2.60. The standard InChI is InChI=1S/C38H52N6O8/c1-24(2)20-28(40-25(3)45)35(49)44-19-13-18-29(44)36(50)42(5)32(22-27-16-11-8-12-17-27)38(52)43(6)31(21-26-14-9-7-10-15-26)37(51)41(4)30(34(39)48)23-33(46)47/h7-12,14-17,24,28-32H,13,18-23H2,1-6H3,(H2,39,48)(H,40,45)(H,46,47)/t28-,29-,30-,31-,32-/m0/s1. The van der Waals surface area contributed by atoms with Crippen LogP contribution in [0.3, 0.4) is 0 Å². The highest BCUT2D eigenvalue weighted by Gasteiger charge is 2.43. The number of rotatable bonds is 17. The third kappa shape index (κ3) is 10.9. The fraction of sp³-hybridized carbons (Fsp3) is 0.500. The number of hydrogen-bond acceptors (Lipinski definition) is 7. The van der Waals surface area contributed by atoms with E-state index in [1.807, 2.05) is 32.0 Å². The lowest BCUT2D eigenvalue weighted by Gasteiger charge is -2.38. The first-order valence-corrected chi connectivity index (χ1v) is 17.5. The van der Waals surface area contributed by atoms with Crippen LogP contribution >= 0.6 is 0 Å². The average Bonchev–Trinajstić information content (AvgIpc) is 3.60. The van der Waals surface area contributed by atoms with Gasteiger partial charge in [0.25, 0.3) is 0 Å². The molecule has 1 fully saturated rings. The Hall–Kier alpha value is -5.27. The maximum Gasteiger partial charge on any atom is 0.305 e. The predicted molar refractivity (Wildman–Crippen MR) is 193 cm³/mol. The summed E-state index contributed by atoms with van der Waals surface area (Å²) in [5.41, 5.74) is 6.95. The minimum atomic E-state index is -1.47. The lowest BCUT2D eigenvalue weighted by atomic mass is 9.98. The second-order valence-electron chi connectivity index (χ2n) is 13.8. The van der Waals surface area contributed by atoms with Gasteiger partial charge in [0.1, 0.15) is 30.2 Å². The van der Waals surface area contributed by atoms with Crippen molar-refractivity contribution in [3.63, 3.8) is 0 Å². The van der Waals surface area contributed by atoms with Gasteiger partial charge in [0, 0.05) is 47.5 Å². The van der Waals surface area contributed by atoms with E-state index in [-0.39, 0.29) is 30.6 Å². The number of likely N-dealkylation sites (tertiary alicyclic amines) is 1. The molecule has 14 nitrogen and oxygen atoms in total. The molecule has 1 aliphatic rings. The molecule has 0 unspecified atom stereocenters. The molecular formula is C38H52N6O8. The highest BCUT2D eigenvalue weighted by atomic mass is 16.4. The van der Waals surface area contributed by atoms with Crippen LogP contribution in [0.25, 0.3) is 0 Å². The molecule has 2 aromatic carbocycles. The topological polar surface area (TPSA) is 191 Å². The molecule has 0 aromatic heterocycles. The molecule has 282 valence electrons. The monoisotopic (exact) mass is 720 g/mol. The van der Waals surface area contributed by atoms with Gasteiger partial charge in [0.05, 0.1) is 6.42 Å². The largest absolute Gasteiger partial charge is 0.481 e. The highest BCUT2D eigenvalue weighted by molar-refractivity contribution is 5.97. The van der Waals surface area contributed by atoms with Gasteiger partial charge in [-0.25, -0.2) is 0 Å². The number of carboxylic acids is 1. The predicted octanol–water partition coefficient (Wildman–Crippen LogP) is 1.45. The van der Waals surface area contributed by atoms with Crippen molar-refractivity contribution in [1.29, 1.82) is 0 Å². The Morgan fingerprint density at radius 1 is 0.808 bits per heavy atom. The Kier molecular flexibility index (Phi) is 14.9. The molecule has 0 spiro atoms. The maximum atomic E-state index is 14.7. The summed E-state index contributed by atoms with van der Waals surface area (Å²) < 4.78 is 0. The number of carbonyl (C=O) groups excluding carboxylic acids is 6. The van der Waals surface area contributed by atoms with Gasteiger partial charge >= 0.3 is 5.97 Å². The van der Waals surface area contributed by atoms with Gasteiger partial charge in [0.2, 0.25) is 35.4 Å². The summed E-state index contributed by atoms with van der Waals surface area (Å²) in [5.74, 6) is -4.72. The molecule has 1 heterocycles. The molecule has 5 atom stereocenters. The zero-order valence-corrected chi connectivity index (χ0v) is 30.9. The Bertz CT molecular complexity index is 1590. The maximum absolute atomic E-state index is 14.7. The van der Waals surface area contributed by atoms with Crippen LogP contribution in [-0.2, 0) is 46.4 Å². The molecule has 0 aliphatic carbocycles. The minimum absolute atomic E-state index is 0.0197. The Morgan fingerprint density at radius 3 is 1.73 bits per heavy atom. The SMILES string of the molecule is CC(=O)N[C@@H](CC(C)C)C(=O)N1CCC[C@H]1C(=O)N(C)[C@@H](Cc1ccccc1)C(=O)N(C)[C@@H](Cc1ccccc1)C(=O)N(C)[C@@H](CC(=O)O)C(N)=O. The third-order valence-electron chi connectivity index (χ3n) is 9.46. The molecular weight excluding hydrogens is 668 g/mol. The van der Waals surface area contributed by atoms with E-state index in [0.717, 1.165) is 10.5 Å². The normalized spacial score (nSPS) is 16.3. The van der Waals surface area contributed by atoms with Gasteiger partial charge in [-0.15, -0.1) is 0 Å². The Morgan fingerprint density at radius 2 is 1.29 bits per heavy atom. The first-order valence-electron chi connectivity index (χ1n) is 17.5. The lowest BCUT2D eigenvalue weighted by molar-refractivity contribution is -0.154. The fourth-order valence-electron chi connectivity index (χ4n) is 6.64. The van der Waals surface area contributed by atoms with Crippen LogP contribution in [0.4, 0.5) is 0 Å². The number of carbonyl (C=O) groups is 7. The van der Waals surface area contributed by atoms with Crippen LogP contribution in [-0.4, -0.2) is 124 Å². The number of primary amides is 1. The number of benzene rings is 2. The number of amides is 6. The number of nitrogens with one attached hydrogen (secondary N) is 1. The number of hydrogen-bond donors (Lipinski definition) is 3. The second kappa shape index (κ2) is 18.8. The van der Waals surface area contributed by atoms with Gasteiger partial charge in [-0.05, 0) is 36.3 Å². The van der Waals surface area contributed by atoms with Crippen molar-refractivity contribution in [2.24, 2.45) is 11.7 Å². The highest BCUT2D eigenvalue weighted by Crippen LogP contribution is 2.24. The summed E-state index contributed by atoms with van der Waals surface area (Å²) in [7, 11) is 4.20. The van der Waals surface area contributed by atoms with E-state index >= 15 is 0 Å². The summed E-state index contributed by atoms with van der Waals surface area (Å²) in [6, 6.07) is 12.5. The summed E-state index contributed by atoms with van der Waals surface area (Å²) >= 11 is 0. The van der Waals surface area contributed by atoms with Crippen molar-refractivity contribution < 1.29 is 38.7 Å². The molecule has 1 aliphatic heterocycles. The van der Waals surface area contributed by atoms with Crippen molar-refractivity contribution >= 4 is 41.4 Å². The van der Waals surface area contributed by atoms with Crippen molar-refractivity contribution in [2.75, 3.05) is 27.7 Å². The molecule has 0 bridgehead atoms. The van der Waals surface area contributed by atoms with Crippen LogP contribution in [0.5, 0.6) is 0 Å². The minimum Gasteiger partial charge on any atom is -0.481 e. The molecule has 2 aromatic rings. The van der Waals surface area contributed by atoms with E-state index in [1.54, 1.807) is 42.5 Å². The Balaban J connectivity index is 2.01. The molecule has 14 heteroatoms. The molecule has 6 amide bonds. The van der Waals surface area contributed by atoms with Crippen LogP contribution in [0.15, 0.2) is 60.7 Å². The fourth-order valence-corrected chi connectivity index (χ4v) is 6.64. The van der Waals surface area contributed by atoms with E-state index in [0.29, 0.717) is 31.4 Å². The summed E-state index contributed by atoms with van der Waals surface area (Å²) in [6.07, 6.45) is 0.686. The van der Waals surface area contributed by atoms with Crippen molar-refractivity contribution in [3.05, 3.63) is 71.8 Å². The van der Waals surface area contributed by atoms with E-state index < -0.39 is 66.2 Å². The summed E-state index contributed by atoms with van der Waals surface area (Å²) in [4.78, 5) is 97.7. The summed E-state index contributed by atoms with van der Waals surface area (Å²) in [5, 5.41) is 12.1. The van der Waals surface area contributed by atoms with Gasteiger partial charge in [-0.1, -0.05) is 74.5 Å². The quantitative estimate of drug-likeness (QED) is 0.219. The van der Waals surface area contributed by atoms with E-state index in [2.05, 4.69) is 5.32 Å². The Labute approximate surface area is 305 Å². The van der Waals surface area contributed by atoms with E-state index in [4.69, 9.17) is 5.73 Å². The van der Waals surface area contributed by atoms with Gasteiger partial charge in [0.15, 0.2) is 0 Å². The smallest absolute Gasteiger partial charge is 0.305 e. The summed E-state index contributed by atoms with van der Waals surface area (Å²) in [6.45, 7) is 5.52. The zero-order valence-electron chi connectivity index (χ0n) is 30.9. The van der Waals surface area contributed by atoms with Gasteiger partial charge in [-0.3, -0.25) is 33.6 Å². The van der Waals surface area contributed by atoms with Crippen LogP contribution in [0.1, 0.15) is 57.6 Å². The molecule has 1 saturated heterocycles. The zero-order chi connectivity index (χ0) is 38.7. The molecule has 4 N–H and O–H groups in total. The van der Waals surface area contributed by atoms with Crippen LogP contribution in [0.2, 0.25) is 0 Å². The molecule has 52 heavy (non-hydrogen) atoms. The van der Waals surface area contributed by atoms with E-state index in [9.17, 15) is 38.7 Å². The van der Waals surface area contributed by atoms with Crippen molar-refractivity contribution in [2.45, 2.75) is 89.5 Å². The van der Waals surface area contributed by atoms with Gasteiger partial charge < -0.3 is 35.8 Å². The second-order valence-corrected chi connectivity index (χ2v) is 13.8. The number of carboxylic acid groups (broad SMARTS) is 1. The van der Waals surface area contributed by atoms with Crippen LogP contribution in [0, 0.1) is 5.92 Å². The van der Waals surface area contributed by atoms with Crippen molar-refractivity contribution in [1.82, 2.24) is 24.9 Å².